The summed E-state index contributed by atoms with van der Waals surface area (Å²) in [5.41, 5.74) is 3.98. The third-order valence-electron chi connectivity index (χ3n) is 4.89. The number of hydrogen-bond acceptors (Lipinski definition) is 4. The van der Waals surface area contributed by atoms with Crippen LogP contribution in [-0.4, -0.2) is 37.6 Å². The topological polar surface area (TPSA) is 79.7 Å². The van der Waals surface area contributed by atoms with Gasteiger partial charge < -0.3 is 0 Å². The van der Waals surface area contributed by atoms with Crippen LogP contribution >= 0.6 is 0 Å². The van der Waals surface area contributed by atoms with Crippen LogP contribution in [-0.2, 0) is 6.42 Å². The predicted molar refractivity (Wildman–Crippen MR) is 105 cm³/mol. The minimum absolute atomic E-state index is 0.165. The number of H-pyrrole nitrogens is 1. The molecule has 0 unspecified atom stereocenters. The lowest BCUT2D eigenvalue weighted by Crippen LogP contribution is -2.36. The lowest BCUT2D eigenvalue weighted by Gasteiger charge is -2.23. The molecule has 138 valence electrons. The number of anilines is 1. The molecular formula is C21H18N6O. The van der Waals surface area contributed by atoms with Crippen LogP contribution in [0.15, 0.2) is 66.7 Å². The van der Waals surface area contributed by atoms with E-state index >= 15 is 0 Å². The smallest absolute Gasteiger partial charge is 0.280 e. The number of nitrogens with one attached hydrogen (secondary N) is 1. The Kier molecular flexibility index (Phi) is 3.97. The molecule has 4 aromatic rings. The number of aryl methyl sites for hydroxylation is 1. The highest BCUT2D eigenvalue weighted by Crippen LogP contribution is 2.27. The number of aromatic nitrogens is 5. The van der Waals surface area contributed by atoms with Crippen LogP contribution in [0.3, 0.4) is 0 Å². The minimum atomic E-state index is -0.165. The van der Waals surface area contributed by atoms with Crippen molar-refractivity contribution in [3.05, 3.63) is 78.1 Å². The van der Waals surface area contributed by atoms with E-state index in [4.69, 9.17) is 0 Å². The number of carbonyl (C=O) groups is 1. The molecule has 0 atom stereocenters. The van der Waals surface area contributed by atoms with E-state index in [1.54, 1.807) is 4.90 Å². The predicted octanol–water partition coefficient (Wildman–Crippen LogP) is 3.25. The second kappa shape index (κ2) is 6.77. The molecule has 3 heterocycles. The third kappa shape index (κ3) is 2.77. The van der Waals surface area contributed by atoms with E-state index in [0.717, 1.165) is 35.5 Å². The average molecular weight is 370 g/mol. The maximum absolute atomic E-state index is 13.3. The van der Waals surface area contributed by atoms with Crippen LogP contribution in [0.4, 0.5) is 5.82 Å². The number of fused-ring (bicyclic) bond motifs is 1. The van der Waals surface area contributed by atoms with Gasteiger partial charge in [0, 0.05) is 12.1 Å². The fraction of sp³-hybridized carbons (Fsp3) is 0.143. The molecule has 7 nitrogen and oxygen atoms in total. The third-order valence-corrected chi connectivity index (χ3v) is 4.89. The number of nitrogens with zero attached hydrogens (tertiary/aromatic N) is 5. The molecule has 0 saturated heterocycles. The van der Waals surface area contributed by atoms with Gasteiger partial charge in [-0.25, -0.2) is 4.68 Å². The molecule has 28 heavy (non-hydrogen) atoms. The molecule has 0 bridgehead atoms. The van der Waals surface area contributed by atoms with E-state index < -0.39 is 0 Å². The van der Waals surface area contributed by atoms with Gasteiger partial charge in [0.15, 0.2) is 11.5 Å². The minimum Gasteiger partial charge on any atom is -0.288 e. The van der Waals surface area contributed by atoms with Gasteiger partial charge in [-0.1, -0.05) is 48.5 Å². The molecule has 1 aliphatic rings. The van der Waals surface area contributed by atoms with Crippen molar-refractivity contribution < 1.29 is 4.79 Å². The highest BCUT2D eigenvalue weighted by molar-refractivity contribution is 6.05. The van der Waals surface area contributed by atoms with Gasteiger partial charge in [0.1, 0.15) is 5.69 Å². The summed E-state index contributed by atoms with van der Waals surface area (Å²) >= 11 is 0. The van der Waals surface area contributed by atoms with Crippen molar-refractivity contribution in [1.82, 2.24) is 25.2 Å². The van der Waals surface area contributed by atoms with Crippen molar-refractivity contribution in [2.75, 3.05) is 11.4 Å². The molecule has 0 radical (unpaired) electrons. The van der Waals surface area contributed by atoms with Crippen molar-refractivity contribution >= 4 is 11.7 Å². The zero-order valence-corrected chi connectivity index (χ0v) is 15.1. The molecule has 1 aliphatic heterocycles. The highest BCUT2D eigenvalue weighted by Gasteiger charge is 2.29. The highest BCUT2D eigenvalue weighted by atomic mass is 16.2. The molecule has 0 saturated carbocycles. The summed E-state index contributed by atoms with van der Waals surface area (Å²) in [6.07, 6.45) is 1.68. The van der Waals surface area contributed by atoms with Crippen molar-refractivity contribution in [2.24, 2.45) is 0 Å². The maximum Gasteiger partial charge on any atom is 0.280 e. The summed E-state index contributed by atoms with van der Waals surface area (Å²) in [7, 11) is 0. The number of rotatable bonds is 3. The molecule has 7 heteroatoms. The van der Waals surface area contributed by atoms with Gasteiger partial charge in [0.05, 0.1) is 11.4 Å². The Morgan fingerprint density at radius 1 is 0.964 bits per heavy atom. The Labute approximate surface area is 161 Å². The van der Waals surface area contributed by atoms with E-state index in [2.05, 4.69) is 20.5 Å². The summed E-state index contributed by atoms with van der Waals surface area (Å²) < 4.78 is 1.82. The van der Waals surface area contributed by atoms with Gasteiger partial charge in [0.2, 0.25) is 0 Å². The molecule has 2 aromatic carbocycles. The lowest BCUT2D eigenvalue weighted by atomic mass is 10.1. The summed E-state index contributed by atoms with van der Waals surface area (Å²) in [6, 6.07) is 21.6. The first-order chi connectivity index (χ1) is 13.8. The van der Waals surface area contributed by atoms with Crippen LogP contribution in [0.5, 0.6) is 0 Å². The van der Waals surface area contributed by atoms with Crippen LogP contribution in [0.1, 0.15) is 22.6 Å². The molecule has 1 amide bonds. The van der Waals surface area contributed by atoms with Crippen LogP contribution < -0.4 is 4.90 Å². The number of benzene rings is 2. The first-order valence-electron chi connectivity index (χ1n) is 9.24. The number of carbonyl (C=O) groups excluding carboxylic acids is 1. The van der Waals surface area contributed by atoms with E-state index in [9.17, 15) is 4.79 Å². The van der Waals surface area contributed by atoms with Crippen molar-refractivity contribution in [3.8, 4) is 16.9 Å². The first-order valence-corrected chi connectivity index (χ1v) is 9.24. The number of hydrogen-bond donors (Lipinski definition) is 1. The van der Waals surface area contributed by atoms with Gasteiger partial charge in [-0.2, -0.15) is 15.4 Å². The normalized spacial score (nSPS) is 13.4. The Hall–Kier alpha value is -3.74. The van der Waals surface area contributed by atoms with Crippen LogP contribution in [0, 0.1) is 0 Å². The first kappa shape index (κ1) is 16.4. The van der Waals surface area contributed by atoms with E-state index in [1.165, 1.54) is 0 Å². The SMILES string of the molecule is O=C(c1cc(-c2ccccc2)n(-c2ccccc2)n1)N1CCCc2n[nH]nc21. The molecule has 5 rings (SSSR count). The van der Waals surface area contributed by atoms with Gasteiger partial charge >= 0.3 is 0 Å². The zero-order valence-electron chi connectivity index (χ0n) is 15.1. The second-order valence-corrected chi connectivity index (χ2v) is 6.68. The molecule has 0 fully saturated rings. The monoisotopic (exact) mass is 370 g/mol. The largest absolute Gasteiger partial charge is 0.288 e. The zero-order chi connectivity index (χ0) is 18.9. The summed E-state index contributed by atoms with van der Waals surface area (Å²) in [5.74, 6) is 0.438. The van der Waals surface area contributed by atoms with E-state index in [1.807, 2.05) is 71.4 Å². The summed E-state index contributed by atoms with van der Waals surface area (Å²) in [6.45, 7) is 0.608. The number of para-hydroxylation sites is 1. The summed E-state index contributed by atoms with van der Waals surface area (Å²) in [5, 5.41) is 15.6. The lowest BCUT2D eigenvalue weighted by molar-refractivity contribution is 0.0979. The van der Waals surface area contributed by atoms with E-state index in [0.29, 0.717) is 18.1 Å². The molecular weight excluding hydrogens is 352 g/mol. The van der Waals surface area contributed by atoms with Crippen molar-refractivity contribution in [2.45, 2.75) is 12.8 Å². The van der Waals surface area contributed by atoms with Gasteiger partial charge in [-0.05, 0) is 31.0 Å². The van der Waals surface area contributed by atoms with Crippen LogP contribution in [0.2, 0.25) is 0 Å². The van der Waals surface area contributed by atoms with Gasteiger partial charge in [-0.3, -0.25) is 9.69 Å². The molecule has 0 spiro atoms. The quantitative estimate of drug-likeness (QED) is 0.600. The Balaban J connectivity index is 1.60. The second-order valence-electron chi connectivity index (χ2n) is 6.68. The maximum atomic E-state index is 13.3. The summed E-state index contributed by atoms with van der Waals surface area (Å²) in [4.78, 5) is 14.9. The molecule has 2 aromatic heterocycles. The Bertz CT molecular complexity index is 1060. The fourth-order valence-electron chi connectivity index (χ4n) is 3.54. The number of amides is 1. The Morgan fingerprint density at radius 2 is 1.71 bits per heavy atom. The molecule has 1 N–H and O–H groups in total. The number of aromatic amines is 1. The van der Waals surface area contributed by atoms with Crippen LogP contribution in [0.25, 0.3) is 16.9 Å². The average Bonchev–Trinajstić information content (AvgIpc) is 3.42. The Morgan fingerprint density at radius 3 is 2.50 bits per heavy atom. The van der Waals surface area contributed by atoms with Gasteiger partial charge in [-0.15, -0.1) is 5.10 Å². The van der Waals surface area contributed by atoms with Gasteiger partial charge in [0.25, 0.3) is 5.91 Å². The molecule has 0 aliphatic carbocycles. The fourth-order valence-corrected chi connectivity index (χ4v) is 3.54. The van der Waals surface area contributed by atoms with Crippen molar-refractivity contribution in [3.63, 3.8) is 0 Å². The van der Waals surface area contributed by atoms with E-state index in [-0.39, 0.29) is 5.91 Å². The van der Waals surface area contributed by atoms with Crippen molar-refractivity contribution in [1.29, 1.82) is 0 Å². The standard InChI is InChI=1S/C21H18N6O/c28-21(26-13-7-12-17-20(26)23-25-22-17)18-14-19(15-8-3-1-4-9-15)27(24-18)16-10-5-2-6-11-16/h1-6,8-11,14H,7,12-13H2,(H,22,23,25).